The van der Waals surface area contributed by atoms with E-state index in [1.165, 1.54) is 22.3 Å². The summed E-state index contributed by atoms with van der Waals surface area (Å²) in [6.45, 7) is 6.78. The second-order valence-corrected chi connectivity index (χ2v) is 5.14. The van der Waals surface area contributed by atoms with Crippen LogP contribution in [0.1, 0.15) is 22.4 Å². The van der Waals surface area contributed by atoms with Crippen molar-refractivity contribution < 1.29 is 0 Å². The van der Waals surface area contributed by atoms with Crippen molar-refractivity contribution >= 4 is 15.9 Å². The quantitative estimate of drug-likeness (QED) is 0.893. The van der Waals surface area contributed by atoms with Gasteiger partial charge in [-0.1, -0.05) is 17.7 Å². The Balaban J connectivity index is 2.64. The number of H-pyrrole nitrogens is 1. The van der Waals surface area contributed by atoms with Crippen molar-refractivity contribution in [2.45, 2.75) is 27.3 Å². The van der Waals surface area contributed by atoms with E-state index in [9.17, 15) is 0 Å². The summed E-state index contributed by atoms with van der Waals surface area (Å²) in [5, 5.41) is 7.33. The first-order valence-electron chi connectivity index (χ1n) is 5.55. The molecule has 3 N–H and O–H groups in total. The molecule has 0 saturated carbocycles. The van der Waals surface area contributed by atoms with Gasteiger partial charge in [0.2, 0.25) is 0 Å². The topological polar surface area (TPSA) is 54.7 Å². The third-order valence-corrected chi connectivity index (χ3v) is 3.75. The van der Waals surface area contributed by atoms with Gasteiger partial charge in [-0.05, 0) is 47.8 Å². The highest BCUT2D eigenvalue weighted by atomic mass is 79.9. The zero-order chi connectivity index (χ0) is 12.6. The van der Waals surface area contributed by atoms with Crippen LogP contribution in [0, 0.1) is 20.8 Å². The minimum atomic E-state index is 0.456. The van der Waals surface area contributed by atoms with Gasteiger partial charge in [0.15, 0.2) is 0 Å². The highest BCUT2D eigenvalue weighted by Gasteiger charge is 2.15. The van der Waals surface area contributed by atoms with Gasteiger partial charge in [0.05, 0.1) is 10.2 Å². The summed E-state index contributed by atoms with van der Waals surface area (Å²) in [4.78, 5) is 0. The molecule has 2 rings (SSSR count). The summed E-state index contributed by atoms with van der Waals surface area (Å²) >= 11 is 3.56. The van der Waals surface area contributed by atoms with Crippen LogP contribution in [0.2, 0.25) is 0 Å². The molecule has 0 fully saturated rings. The Labute approximate surface area is 110 Å². The molecule has 1 aromatic heterocycles. The van der Waals surface area contributed by atoms with Crippen molar-refractivity contribution in [3.63, 3.8) is 0 Å². The molecule has 0 unspecified atom stereocenters. The molecule has 0 radical (unpaired) electrons. The molecular formula is C13H16BrN3. The monoisotopic (exact) mass is 293 g/mol. The fraction of sp³-hybridized carbons (Fsp3) is 0.308. The average molecular weight is 294 g/mol. The Morgan fingerprint density at radius 2 is 1.82 bits per heavy atom. The van der Waals surface area contributed by atoms with Crippen LogP contribution in [0.25, 0.3) is 11.3 Å². The molecule has 90 valence electrons. The van der Waals surface area contributed by atoms with E-state index in [2.05, 4.69) is 59.0 Å². The molecule has 0 atom stereocenters. The Hall–Kier alpha value is -1.13. The second kappa shape index (κ2) is 4.63. The molecule has 2 aromatic rings. The normalized spacial score (nSPS) is 10.9. The third-order valence-electron chi connectivity index (χ3n) is 2.89. The number of aryl methyl sites for hydroxylation is 3. The molecule has 17 heavy (non-hydrogen) atoms. The summed E-state index contributed by atoms with van der Waals surface area (Å²) in [6, 6.07) is 4.34. The van der Waals surface area contributed by atoms with E-state index in [-0.39, 0.29) is 0 Å². The summed E-state index contributed by atoms with van der Waals surface area (Å²) in [5.41, 5.74) is 12.4. The van der Waals surface area contributed by atoms with Crippen LogP contribution in [0.3, 0.4) is 0 Å². The van der Waals surface area contributed by atoms with E-state index in [0.29, 0.717) is 6.54 Å². The lowest BCUT2D eigenvalue weighted by Crippen LogP contribution is -1.97. The Bertz CT molecular complexity index is 535. The summed E-state index contributed by atoms with van der Waals surface area (Å²) in [6.07, 6.45) is 0. The Morgan fingerprint density at radius 3 is 2.29 bits per heavy atom. The summed E-state index contributed by atoms with van der Waals surface area (Å²) in [7, 11) is 0. The molecule has 0 bridgehead atoms. The van der Waals surface area contributed by atoms with E-state index in [0.717, 1.165) is 15.9 Å². The predicted molar refractivity (Wildman–Crippen MR) is 73.8 cm³/mol. The van der Waals surface area contributed by atoms with Crippen LogP contribution in [0.5, 0.6) is 0 Å². The number of benzene rings is 1. The fourth-order valence-electron chi connectivity index (χ4n) is 2.22. The number of aromatic amines is 1. The van der Waals surface area contributed by atoms with Crippen LogP contribution in [0.4, 0.5) is 0 Å². The van der Waals surface area contributed by atoms with Crippen LogP contribution in [-0.4, -0.2) is 10.2 Å². The van der Waals surface area contributed by atoms with Gasteiger partial charge in [-0.3, -0.25) is 5.10 Å². The smallest absolute Gasteiger partial charge is 0.107 e. The van der Waals surface area contributed by atoms with Crippen molar-refractivity contribution in [2.24, 2.45) is 5.73 Å². The van der Waals surface area contributed by atoms with Crippen molar-refractivity contribution in [1.82, 2.24) is 10.2 Å². The second-order valence-electron chi connectivity index (χ2n) is 4.34. The molecule has 0 saturated heterocycles. The predicted octanol–water partition coefficient (Wildman–Crippen LogP) is 3.22. The highest BCUT2D eigenvalue weighted by molar-refractivity contribution is 9.10. The number of nitrogens with zero attached hydrogens (tertiary/aromatic N) is 1. The molecule has 0 amide bonds. The number of halogens is 1. The zero-order valence-corrected chi connectivity index (χ0v) is 11.9. The van der Waals surface area contributed by atoms with Crippen molar-refractivity contribution in [3.05, 3.63) is 39.0 Å². The molecule has 3 nitrogen and oxygen atoms in total. The van der Waals surface area contributed by atoms with Crippen LogP contribution in [-0.2, 0) is 6.54 Å². The van der Waals surface area contributed by atoms with Gasteiger partial charge in [0.25, 0.3) is 0 Å². The number of hydrogen-bond donors (Lipinski definition) is 2. The standard InChI is InChI=1S/C13H16BrN3/c1-7-4-8(2)11(9(3)5-7)13-12(14)10(6-15)16-17-13/h4-5H,6,15H2,1-3H3,(H,16,17). The van der Waals surface area contributed by atoms with Gasteiger partial charge >= 0.3 is 0 Å². The Morgan fingerprint density at radius 1 is 1.24 bits per heavy atom. The van der Waals surface area contributed by atoms with Gasteiger partial charge < -0.3 is 5.73 Å². The molecule has 1 aromatic carbocycles. The van der Waals surface area contributed by atoms with E-state index >= 15 is 0 Å². The number of nitrogens with two attached hydrogens (primary N) is 1. The Kier molecular flexibility index (Phi) is 3.35. The number of hydrogen-bond acceptors (Lipinski definition) is 2. The van der Waals surface area contributed by atoms with E-state index in [4.69, 9.17) is 5.73 Å². The van der Waals surface area contributed by atoms with Crippen LogP contribution >= 0.6 is 15.9 Å². The minimum absolute atomic E-state index is 0.456. The van der Waals surface area contributed by atoms with Crippen molar-refractivity contribution in [3.8, 4) is 11.3 Å². The molecule has 1 heterocycles. The average Bonchev–Trinajstić information content (AvgIpc) is 2.59. The first kappa shape index (κ1) is 12.3. The van der Waals surface area contributed by atoms with Crippen molar-refractivity contribution in [2.75, 3.05) is 0 Å². The van der Waals surface area contributed by atoms with Gasteiger partial charge in [-0.2, -0.15) is 5.10 Å². The SMILES string of the molecule is Cc1cc(C)c(-c2n[nH]c(CN)c2Br)c(C)c1. The van der Waals surface area contributed by atoms with E-state index in [1.807, 2.05) is 0 Å². The number of aromatic nitrogens is 2. The first-order chi connectivity index (χ1) is 8.04. The summed E-state index contributed by atoms with van der Waals surface area (Å²) in [5.74, 6) is 0. The third kappa shape index (κ3) is 2.15. The molecule has 0 aliphatic heterocycles. The lowest BCUT2D eigenvalue weighted by atomic mass is 9.97. The molecule has 0 aliphatic rings. The maximum absolute atomic E-state index is 5.64. The lowest BCUT2D eigenvalue weighted by Gasteiger charge is -2.09. The molecule has 4 heteroatoms. The van der Waals surface area contributed by atoms with E-state index in [1.54, 1.807) is 0 Å². The largest absolute Gasteiger partial charge is 0.325 e. The molecular weight excluding hydrogens is 278 g/mol. The fourth-order valence-corrected chi connectivity index (χ4v) is 2.76. The minimum Gasteiger partial charge on any atom is -0.325 e. The molecule has 0 spiro atoms. The number of nitrogens with one attached hydrogen (secondary N) is 1. The lowest BCUT2D eigenvalue weighted by molar-refractivity contribution is 0.944. The maximum atomic E-state index is 5.64. The van der Waals surface area contributed by atoms with Crippen LogP contribution in [0.15, 0.2) is 16.6 Å². The van der Waals surface area contributed by atoms with Gasteiger partial charge in [-0.25, -0.2) is 0 Å². The maximum Gasteiger partial charge on any atom is 0.107 e. The van der Waals surface area contributed by atoms with Gasteiger partial charge in [0.1, 0.15) is 5.69 Å². The van der Waals surface area contributed by atoms with Gasteiger partial charge in [0, 0.05) is 12.1 Å². The van der Waals surface area contributed by atoms with Crippen LogP contribution < -0.4 is 5.73 Å². The van der Waals surface area contributed by atoms with E-state index < -0.39 is 0 Å². The van der Waals surface area contributed by atoms with Crippen molar-refractivity contribution in [1.29, 1.82) is 0 Å². The number of rotatable bonds is 2. The van der Waals surface area contributed by atoms with Gasteiger partial charge in [-0.15, -0.1) is 0 Å². The molecule has 0 aliphatic carbocycles. The summed E-state index contributed by atoms with van der Waals surface area (Å²) < 4.78 is 0.968. The highest BCUT2D eigenvalue weighted by Crippen LogP contribution is 2.33. The zero-order valence-electron chi connectivity index (χ0n) is 10.3. The first-order valence-corrected chi connectivity index (χ1v) is 6.35.